The number of fused-ring (bicyclic) bond motifs is 1. The molecule has 2 heterocycles. The maximum atomic E-state index is 13.1. The zero-order valence-electron chi connectivity index (χ0n) is 15.2. The van der Waals surface area contributed by atoms with Gasteiger partial charge in [0.1, 0.15) is 0 Å². The molecular weight excluding hydrogens is 338 g/mol. The molecule has 3 aromatic rings. The van der Waals surface area contributed by atoms with Gasteiger partial charge in [-0.05, 0) is 17.7 Å². The van der Waals surface area contributed by atoms with E-state index < -0.39 is 0 Å². The summed E-state index contributed by atoms with van der Waals surface area (Å²) >= 11 is 0. The molecule has 1 amide bonds. The Kier molecular flexibility index (Phi) is 5.42. The van der Waals surface area contributed by atoms with Crippen LogP contribution in [0.3, 0.4) is 0 Å². The molecule has 4 rings (SSSR count). The van der Waals surface area contributed by atoms with Crippen molar-refractivity contribution in [3.8, 4) is 0 Å². The first-order valence-electron chi connectivity index (χ1n) is 9.31. The Morgan fingerprint density at radius 3 is 2.59 bits per heavy atom. The number of para-hydroxylation sites is 1. The molecule has 138 valence electrons. The Balaban J connectivity index is 1.59. The third-order valence-corrected chi connectivity index (χ3v) is 4.95. The third kappa shape index (κ3) is 4.15. The second-order valence-corrected chi connectivity index (χ2v) is 6.73. The van der Waals surface area contributed by atoms with Crippen LogP contribution in [0.2, 0.25) is 0 Å². The Morgan fingerprint density at radius 1 is 1.04 bits per heavy atom. The van der Waals surface area contributed by atoms with E-state index in [9.17, 15) is 4.79 Å². The standard InChI is InChI=1S/C22H23N3O2/c26-22(19-10-11-23-20-9-5-4-8-18(19)20)24-21(17-6-2-1-3-7-17)16-25-12-14-27-15-13-25/h1-11,21H,12-16H2,(H,24,26). The highest BCUT2D eigenvalue weighted by Gasteiger charge is 2.21. The van der Waals surface area contributed by atoms with Crippen LogP contribution in [-0.2, 0) is 4.74 Å². The maximum Gasteiger partial charge on any atom is 0.252 e. The highest BCUT2D eigenvalue weighted by molar-refractivity contribution is 6.06. The lowest BCUT2D eigenvalue weighted by Gasteiger charge is -2.31. The van der Waals surface area contributed by atoms with E-state index in [0.717, 1.165) is 49.3 Å². The van der Waals surface area contributed by atoms with E-state index in [1.807, 2.05) is 42.5 Å². The normalized spacial score (nSPS) is 16.1. The van der Waals surface area contributed by atoms with Crippen molar-refractivity contribution in [1.29, 1.82) is 0 Å². The number of ether oxygens (including phenoxy) is 1. The fourth-order valence-corrected chi connectivity index (χ4v) is 3.49. The number of hydrogen-bond donors (Lipinski definition) is 1. The van der Waals surface area contributed by atoms with Gasteiger partial charge in [0.25, 0.3) is 5.91 Å². The number of aromatic nitrogens is 1. The van der Waals surface area contributed by atoms with E-state index in [2.05, 4.69) is 27.3 Å². The SMILES string of the molecule is O=C(NC(CN1CCOCC1)c1ccccc1)c1ccnc2ccccc12. The molecule has 1 saturated heterocycles. The van der Waals surface area contributed by atoms with Gasteiger partial charge < -0.3 is 10.1 Å². The average Bonchev–Trinajstić information content (AvgIpc) is 2.74. The van der Waals surface area contributed by atoms with E-state index in [-0.39, 0.29) is 11.9 Å². The summed E-state index contributed by atoms with van der Waals surface area (Å²) < 4.78 is 5.45. The van der Waals surface area contributed by atoms with Crippen molar-refractivity contribution >= 4 is 16.8 Å². The molecule has 1 aromatic heterocycles. The first kappa shape index (κ1) is 17.6. The summed E-state index contributed by atoms with van der Waals surface area (Å²) in [4.78, 5) is 19.8. The summed E-state index contributed by atoms with van der Waals surface area (Å²) in [5, 5.41) is 4.11. The fraction of sp³-hybridized carbons (Fsp3) is 0.273. The van der Waals surface area contributed by atoms with Gasteiger partial charge >= 0.3 is 0 Å². The molecule has 0 saturated carbocycles. The number of hydrogen-bond acceptors (Lipinski definition) is 4. The van der Waals surface area contributed by atoms with Crippen molar-refractivity contribution in [1.82, 2.24) is 15.2 Å². The average molecular weight is 361 g/mol. The zero-order chi connectivity index (χ0) is 18.5. The molecule has 5 heteroatoms. The molecule has 0 radical (unpaired) electrons. The summed E-state index contributed by atoms with van der Waals surface area (Å²) in [6, 6.07) is 19.6. The number of carbonyl (C=O) groups is 1. The van der Waals surface area contributed by atoms with Crippen molar-refractivity contribution in [3.05, 3.63) is 78.0 Å². The summed E-state index contributed by atoms with van der Waals surface area (Å²) in [6.45, 7) is 4.02. The number of nitrogens with one attached hydrogen (secondary N) is 1. The van der Waals surface area contributed by atoms with E-state index in [1.165, 1.54) is 0 Å². The van der Waals surface area contributed by atoms with Gasteiger partial charge in [-0.2, -0.15) is 0 Å². The van der Waals surface area contributed by atoms with Gasteiger partial charge in [-0.25, -0.2) is 0 Å². The zero-order valence-corrected chi connectivity index (χ0v) is 15.2. The first-order chi connectivity index (χ1) is 13.3. The van der Waals surface area contributed by atoms with E-state index in [4.69, 9.17) is 4.74 Å². The monoisotopic (exact) mass is 361 g/mol. The third-order valence-electron chi connectivity index (χ3n) is 4.95. The number of amides is 1. The van der Waals surface area contributed by atoms with Crippen LogP contribution in [0, 0.1) is 0 Å². The van der Waals surface area contributed by atoms with E-state index in [0.29, 0.717) is 5.56 Å². The van der Waals surface area contributed by atoms with Crippen LogP contribution in [0.15, 0.2) is 66.9 Å². The van der Waals surface area contributed by atoms with Crippen LogP contribution in [0.25, 0.3) is 10.9 Å². The minimum atomic E-state index is -0.0799. The Labute approximate surface area is 159 Å². The van der Waals surface area contributed by atoms with E-state index >= 15 is 0 Å². The van der Waals surface area contributed by atoms with Gasteiger partial charge in [0.05, 0.1) is 30.3 Å². The molecule has 0 bridgehead atoms. The van der Waals surface area contributed by atoms with Crippen molar-refractivity contribution in [2.24, 2.45) is 0 Å². The number of benzene rings is 2. The molecule has 1 fully saturated rings. The number of carbonyl (C=O) groups excluding carboxylic acids is 1. The molecule has 1 unspecified atom stereocenters. The molecule has 0 aliphatic carbocycles. The lowest BCUT2D eigenvalue weighted by atomic mass is 10.0. The molecule has 5 nitrogen and oxygen atoms in total. The minimum absolute atomic E-state index is 0.0734. The molecule has 1 aliphatic rings. The Bertz CT molecular complexity index is 902. The second-order valence-electron chi connectivity index (χ2n) is 6.73. The van der Waals surface area contributed by atoms with Crippen LogP contribution in [0.4, 0.5) is 0 Å². The van der Waals surface area contributed by atoms with Crippen molar-refractivity contribution in [2.75, 3.05) is 32.8 Å². The highest BCUT2D eigenvalue weighted by atomic mass is 16.5. The summed E-state index contributed by atoms with van der Waals surface area (Å²) in [7, 11) is 0. The number of morpholine rings is 1. The summed E-state index contributed by atoms with van der Waals surface area (Å²) in [5.74, 6) is -0.0734. The van der Waals surface area contributed by atoms with Gasteiger partial charge in [-0.3, -0.25) is 14.7 Å². The lowest BCUT2D eigenvalue weighted by molar-refractivity contribution is 0.0332. The quantitative estimate of drug-likeness (QED) is 0.759. The molecule has 1 aliphatic heterocycles. The minimum Gasteiger partial charge on any atom is -0.379 e. The molecular formula is C22H23N3O2. The van der Waals surface area contributed by atoms with Gasteiger partial charge in [0.15, 0.2) is 0 Å². The summed E-state index contributed by atoms with van der Waals surface area (Å²) in [5.41, 5.74) is 2.59. The van der Waals surface area contributed by atoms with E-state index in [1.54, 1.807) is 12.3 Å². The topological polar surface area (TPSA) is 54.5 Å². The largest absolute Gasteiger partial charge is 0.379 e. The van der Waals surface area contributed by atoms with Crippen LogP contribution in [0.5, 0.6) is 0 Å². The van der Waals surface area contributed by atoms with Crippen LogP contribution in [0.1, 0.15) is 22.0 Å². The second kappa shape index (κ2) is 8.29. The summed E-state index contributed by atoms with van der Waals surface area (Å²) in [6.07, 6.45) is 1.69. The van der Waals surface area contributed by atoms with Crippen molar-refractivity contribution < 1.29 is 9.53 Å². The molecule has 1 atom stereocenters. The van der Waals surface area contributed by atoms with Crippen molar-refractivity contribution in [2.45, 2.75) is 6.04 Å². The number of pyridine rings is 1. The van der Waals surface area contributed by atoms with Gasteiger partial charge in [0.2, 0.25) is 0 Å². The van der Waals surface area contributed by atoms with Gasteiger partial charge in [-0.15, -0.1) is 0 Å². The fourth-order valence-electron chi connectivity index (χ4n) is 3.49. The van der Waals surface area contributed by atoms with Gasteiger partial charge in [0, 0.05) is 31.2 Å². The molecule has 2 aromatic carbocycles. The maximum absolute atomic E-state index is 13.1. The molecule has 27 heavy (non-hydrogen) atoms. The Hall–Kier alpha value is -2.76. The number of rotatable bonds is 5. The highest BCUT2D eigenvalue weighted by Crippen LogP contribution is 2.19. The predicted octanol–water partition coefficient (Wildman–Crippen LogP) is 3.04. The predicted molar refractivity (Wildman–Crippen MR) is 106 cm³/mol. The smallest absolute Gasteiger partial charge is 0.252 e. The molecule has 0 spiro atoms. The van der Waals surface area contributed by atoms with Crippen LogP contribution in [-0.4, -0.2) is 48.6 Å². The van der Waals surface area contributed by atoms with Crippen LogP contribution >= 0.6 is 0 Å². The van der Waals surface area contributed by atoms with Crippen LogP contribution < -0.4 is 5.32 Å². The number of nitrogens with zero attached hydrogens (tertiary/aromatic N) is 2. The lowest BCUT2D eigenvalue weighted by Crippen LogP contribution is -2.43. The van der Waals surface area contributed by atoms with Gasteiger partial charge in [-0.1, -0.05) is 48.5 Å². The first-order valence-corrected chi connectivity index (χ1v) is 9.31. The molecule has 1 N–H and O–H groups in total. The Morgan fingerprint density at radius 2 is 1.78 bits per heavy atom. The van der Waals surface area contributed by atoms with Crippen molar-refractivity contribution in [3.63, 3.8) is 0 Å².